The molecule has 2 aromatic rings. The predicted molar refractivity (Wildman–Crippen MR) is 155 cm³/mol. The third-order valence-electron chi connectivity index (χ3n) is 5.32. The minimum atomic E-state index is -2.12. The molecule has 1 aromatic heterocycles. The normalized spacial score (nSPS) is 13.5. The Hall–Kier alpha value is -2.83. The van der Waals surface area contributed by atoms with E-state index in [1.165, 1.54) is 39.0 Å². The van der Waals surface area contributed by atoms with Crippen molar-refractivity contribution in [3.05, 3.63) is 47.9 Å². The number of hydrogen-bond acceptors (Lipinski definition) is 5. The molecular formula is C30H49F2N3O2. The van der Waals surface area contributed by atoms with Gasteiger partial charge < -0.3 is 14.8 Å². The van der Waals surface area contributed by atoms with Crippen LogP contribution in [-0.2, 0) is 9.53 Å². The number of ether oxygens (including phenoxy) is 1. The zero-order valence-corrected chi connectivity index (χ0v) is 24.2. The van der Waals surface area contributed by atoms with Crippen LogP contribution >= 0.6 is 0 Å². The van der Waals surface area contributed by atoms with Gasteiger partial charge in [0, 0.05) is 30.6 Å². The summed E-state index contributed by atoms with van der Waals surface area (Å²) in [4.78, 5) is 16.7. The number of allylic oxidation sites excluding steroid dienone is 3. The molecule has 7 heteroatoms. The highest BCUT2D eigenvalue weighted by Crippen LogP contribution is 2.24. The molecule has 37 heavy (non-hydrogen) atoms. The maximum absolute atomic E-state index is 10.8. The number of carbonyl (C=O) groups is 1. The number of hydrogen-bond donors (Lipinski definition) is 1. The summed E-state index contributed by atoms with van der Waals surface area (Å²) in [5, 5.41) is 3.96. The highest BCUT2D eigenvalue weighted by Gasteiger charge is 2.07. The zero-order chi connectivity index (χ0) is 28.6. The van der Waals surface area contributed by atoms with Gasteiger partial charge in [-0.1, -0.05) is 78.9 Å². The fraction of sp³-hybridized carbons (Fsp3) is 0.567. The van der Waals surface area contributed by atoms with Crippen molar-refractivity contribution < 1.29 is 18.3 Å². The highest BCUT2D eigenvalue weighted by molar-refractivity contribution is 5.82. The van der Waals surface area contributed by atoms with Gasteiger partial charge in [-0.05, 0) is 44.4 Å². The van der Waals surface area contributed by atoms with E-state index in [1.54, 1.807) is 0 Å². The summed E-state index contributed by atoms with van der Waals surface area (Å²) in [5.41, 5.74) is 1.90. The molecule has 0 bridgehead atoms. The number of aromatic nitrogens is 2. The summed E-state index contributed by atoms with van der Waals surface area (Å²) < 4.78 is 27.4. The van der Waals surface area contributed by atoms with Crippen LogP contribution in [0.2, 0.25) is 0 Å². The van der Waals surface area contributed by atoms with Crippen molar-refractivity contribution in [3.63, 3.8) is 0 Å². The number of rotatable bonds is 6. The molecule has 3 rings (SSSR count). The van der Waals surface area contributed by atoms with Gasteiger partial charge in [0.1, 0.15) is 12.5 Å². The third-order valence-corrected chi connectivity index (χ3v) is 5.32. The van der Waals surface area contributed by atoms with E-state index in [9.17, 15) is 8.78 Å². The Morgan fingerprint density at radius 2 is 1.78 bits per heavy atom. The monoisotopic (exact) mass is 521 g/mol. The number of halogens is 2. The molecule has 0 atom stereocenters. The maximum Gasteiger partial charge on any atom is 0.238 e. The Bertz CT molecular complexity index is 896. The second kappa shape index (κ2) is 23.6. The molecule has 1 fully saturated rings. The van der Waals surface area contributed by atoms with Crippen molar-refractivity contribution >= 4 is 29.4 Å². The molecule has 0 unspecified atom stereocenters. The lowest BCUT2D eigenvalue weighted by Gasteiger charge is -2.15. The highest BCUT2D eigenvalue weighted by atomic mass is 19.3. The van der Waals surface area contributed by atoms with Crippen LogP contribution in [0, 0.1) is 5.92 Å². The first kappa shape index (κ1) is 36.3. The van der Waals surface area contributed by atoms with Gasteiger partial charge in [0.05, 0.1) is 11.3 Å². The standard InChI is InChI=1S/C17H21N3O.C7H14.C3H6F2.C2H6.CH2O/c1-5-7-12(3)21-16(6-2)13-8-9-14-11-19-17(18-4)20-15(14)10-13;1-7-5-3-2-4-6-7;1-2-3(4)5;2*1-2/h6-11H,5H2,1-4H3,(H,18,19,20);7H,2-6H2,1H3;3H,2H2,1H3;1-2H3;1H2/b12-7+,16-6-;;;;. The summed E-state index contributed by atoms with van der Waals surface area (Å²) in [5.74, 6) is 3.39. The Balaban J connectivity index is 0. The van der Waals surface area contributed by atoms with E-state index >= 15 is 0 Å². The molecule has 1 aliphatic carbocycles. The number of nitrogens with zero attached hydrogens (tertiary/aromatic N) is 2. The average Bonchev–Trinajstić information content (AvgIpc) is 2.94. The van der Waals surface area contributed by atoms with E-state index in [0.717, 1.165) is 40.3 Å². The van der Waals surface area contributed by atoms with Crippen molar-refractivity contribution in [3.8, 4) is 0 Å². The van der Waals surface area contributed by atoms with Crippen molar-refractivity contribution in [1.82, 2.24) is 9.97 Å². The van der Waals surface area contributed by atoms with Gasteiger partial charge in [0.15, 0.2) is 0 Å². The lowest BCUT2D eigenvalue weighted by Crippen LogP contribution is -1.99. The van der Waals surface area contributed by atoms with Crippen LogP contribution in [0.4, 0.5) is 14.7 Å². The summed E-state index contributed by atoms with van der Waals surface area (Å²) in [6.07, 6.45) is 12.1. The number of carbonyl (C=O) groups excluding carboxylic acids is 1. The van der Waals surface area contributed by atoms with Crippen LogP contribution in [0.5, 0.6) is 0 Å². The fourth-order valence-electron chi connectivity index (χ4n) is 3.39. The molecule has 0 saturated heterocycles. The predicted octanol–water partition coefficient (Wildman–Crippen LogP) is 9.45. The van der Waals surface area contributed by atoms with Gasteiger partial charge in [0.2, 0.25) is 12.4 Å². The smallest absolute Gasteiger partial charge is 0.238 e. The molecule has 1 heterocycles. The van der Waals surface area contributed by atoms with Crippen molar-refractivity contribution in [2.45, 2.75) is 99.8 Å². The molecule has 0 radical (unpaired) electrons. The molecule has 210 valence electrons. The van der Waals surface area contributed by atoms with Gasteiger partial charge in [-0.2, -0.15) is 0 Å². The first-order valence-electron chi connectivity index (χ1n) is 13.4. The first-order chi connectivity index (χ1) is 17.8. The van der Waals surface area contributed by atoms with E-state index in [-0.39, 0.29) is 6.42 Å². The van der Waals surface area contributed by atoms with Crippen molar-refractivity contribution in [1.29, 1.82) is 0 Å². The lowest BCUT2D eigenvalue weighted by molar-refractivity contribution is -0.0980. The Labute approximate surface area is 223 Å². The third kappa shape index (κ3) is 16.5. The summed E-state index contributed by atoms with van der Waals surface area (Å²) in [6, 6.07) is 6.06. The summed E-state index contributed by atoms with van der Waals surface area (Å²) >= 11 is 0. The van der Waals surface area contributed by atoms with Gasteiger partial charge in [-0.3, -0.25) is 0 Å². The van der Waals surface area contributed by atoms with E-state index in [2.05, 4.69) is 35.2 Å². The number of anilines is 1. The number of nitrogens with one attached hydrogen (secondary N) is 1. The number of fused-ring (bicyclic) bond motifs is 1. The van der Waals surface area contributed by atoms with Crippen LogP contribution < -0.4 is 5.32 Å². The van der Waals surface area contributed by atoms with Gasteiger partial charge >= 0.3 is 0 Å². The SMILES string of the molecule is C/C=C(\O/C(C)=C/CC)c1ccc2cnc(NC)nc2c1.C=O.CC.CC1CCCCC1.CCC(F)F. The van der Waals surface area contributed by atoms with E-state index in [0.29, 0.717) is 5.95 Å². The maximum atomic E-state index is 10.8. The molecular weight excluding hydrogens is 472 g/mol. The summed E-state index contributed by atoms with van der Waals surface area (Å²) in [6.45, 7) is 15.8. The molecule has 1 N–H and O–H groups in total. The molecule has 0 amide bonds. The van der Waals surface area contributed by atoms with Crippen molar-refractivity contribution in [2.24, 2.45) is 5.92 Å². The Morgan fingerprint density at radius 1 is 1.19 bits per heavy atom. The Morgan fingerprint density at radius 3 is 2.22 bits per heavy atom. The fourth-order valence-corrected chi connectivity index (χ4v) is 3.39. The topological polar surface area (TPSA) is 64.1 Å². The largest absolute Gasteiger partial charge is 0.462 e. The van der Waals surface area contributed by atoms with Gasteiger partial charge in [-0.15, -0.1) is 0 Å². The molecule has 1 aromatic carbocycles. The van der Waals surface area contributed by atoms with Crippen molar-refractivity contribution in [2.75, 3.05) is 12.4 Å². The molecule has 1 saturated carbocycles. The first-order valence-corrected chi connectivity index (χ1v) is 13.4. The molecule has 1 aliphatic rings. The van der Waals surface area contributed by atoms with Gasteiger partial charge in [0.25, 0.3) is 0 Å². The van der Waals surface area contributed by atoms with Crippen LogP contribution in [0.25, 0.3) is 16.7 Å². The molecule has 5 nitrogen and oxygen atoms in total. The Kier molecular flexibility index (Phi) is 23.1. The van der Waals surface area contributed by atoms with E-state index in [1.807, 2.05) is 72.0 Å². The lowest BCUT2D eigenvalue weighted by atomic mass is 9.91. The van der Waals surface area contributed by atoms with Crippen LogP contribution in [0.15, 0.2) is 42.3 Å². The number of benzene rings is 1. The van der Waals surface area contributed by atoms with Crippen LogP contribution in [0.1, 0.15) is 99.0 Å². The molecule has 0 spiro atoms. The quantitative estimate of drug-likeness (QED) is 0.384. The van der Waals surface area contributed by atoms with Gasteiger partial charge in [-0.25, -0.2) is 18.7 Å². The zero-order valence-electron chi connectivity index (χ0n) is 24.2. The van der Waals surface area contributed by atoms with E-state index < -0.39 is 6.43 Å². The number of alkyl halides is 2. The summed E-state index contributed by atoms with van der Waals surface area (Å²) in [7, 11) is 1.81. The van der Waals surface area contributed by atoms with E-state index in [4.69, 9.17) is 9.53 Å². The minimum Gasteiger partial charge on any atom is -0.462 e. The second-order valence-corrected chi connectivity index (χ2v) is 8.24. The van der Waals surface area contributed by atoms with Crippen LogP contribution in [-0.4, -0.2) is 30.2 Å². The average molecular weight is 522 g/mol. The second-order valence-electron chi connectivity index (χ2n) is 8.24. The molecule has 0 aliphatic heterocycles. The van der Waals surface area contributed by atoms with Crippen LogP contribution in [0.3, 0.4) is 0 Å². The minimum absolute atomic E-state index is 0.0278.